The van der Waals surface area contributed by atoms with Crippen LogP contribution in [0.5, 0.6) is 0 Å². The number of aryl methyl sites for hydroxylation is 1. The molecule has 0 aliphatic carbocycles. The summed E-state index contributed by atoms with van der Waals surface area (Å²) in [5, 5.41) is 0. The molecule has 0 spiro atoms. The Bertz CT molecular complexity index is 1090. The fraction of sp³-hybridized carbons (Fsp3) is 0.429. The van der Waals surface area contributed by atoms with E-state index >= 15 is 0 Å². The van der Waals surface area contributed by atoms with E-state index in [1.54, 1.807) is 6.20 Å². The van der Waals surface area contributed by atoms with Crippen molar-refractivity contribution in [2.75, 3.05) is 37.8 Å². The third kappa shape index (κ3) is 3.59. The molecule has 30 heavy (non-hydrogen) atoms. The predicted molar refractivity (Wildman–Crippen MR) is 106 cm³/mol. The van der Waals surface area contributed by atoms with Gasteiger partial charge in [-0.05, 0) is 25.5 Å². The van der Waals surface area contributed by atoms with Crippen LogP contribution in [0.25, 0.3) is 22.4 Å². The van der Waals surface area contributed by atoms with Crippen molar-refractivity contribution in [3.8, 4) is 11.3 Å². The summed E-state index contributed by atoms with van der Waals surface area (Å²) in [4.78, 5) is 20.1. The molecule has 4 heterocycles. The van der Waals surface area contributed by atoms with Gasteiger partial charge in [0, 0.05) is 43.4 Å². The fourth-order valence-corrected chi connectivity index (χ4v) is 3.98. The van der Waals surface area contributed by atoms with Crippen molar-refractivity contribution in [2.24, 2.45) is 5.92 Å². The number of ether oxygens (including phenoxy) is 2. The highest BCUT2D eigenvalue weighted by molar-refractivity contribution is 5.88. The van der Waals surface area contributed by atoms with Gasteiger partial charge in [-0.3, -0.25) is 0 Å². The van der Waals surface area contributed by atoms with Crippen molar-refractivity contribution >= 4 is 17.1 Å². The van der Waals surface area contributed by atoms with Gasteiger partial charge in [-0.25, -0.2) is 23.7 Å². The van der Waals surface area contributed by atoms with E-state index in [1.165, 1.54) is 12.1 Å². The van der Waals surface area contributed by atoms with Crippen LogP contribution < -0.4 is 4.90 Å². The number of hydrogen-bond donors (Lipinski definition) is 0. The van der Waals surface area contributed by atoms with Crippen LogP contribution in [0.2, 0.25) is 0 Å². The van der Waals surface area contributed by atoms with Crippen molar-refractivity contribution in [3.63, 3.8) is 0 Å². The minimum Gasteiger partial charge on any atom is -0.381 e. The molecule has 0 saturated carbocycles. The third-order valence-electron chi connectivity index (χ3n) is 5.57. The molecular weight excluding hydrogens is 392 g/mol. The summed E-state index contributed by atoms with van der Waals surface area (Å²) < 4.78 is 39.5. The number of benzene rings is 1. The summed E-state index contributed by atoms with van der Waals surface area (Å²) in [6.45, 7) is 5.03. The van der Waals surface area contributed by atoms with Crippen LogP contribution in [0.4, 0.5) is 14.7 Å². The maximum atomic E-state index is 14.6. The van der Waals surface area contributed by atoms with Gasteiger partial charge in [0.2, 0.25) is 5.95 Å². The lowest BCUT2D eigenvalue weighted by Crippen LogP contribution is -2.46. The second kappa shape index (κ2) is 7.81. The van der Waals surface area contributed by atoms with Gasteiger partial charge in [0.15, 0.2) is 5.65 Å². The van der Waals surface area contributed by atoms with Gasteiger partial charge in [-0.15, -0.1) is 0 Å². The Morgan fingerprint density at radius 1 is 1.13 bits per heavy atom. The first kappa shape index (κ1) is 19.2. The summed E-state index contributed by atoms with van der Waals surface area (Å²) in [6, 6.07) is 3.42. The topological polar surface area (TPSA) is 73.3 Å². The van der Waals surface area contributed by atoms with Crippen LogP contribution in [0.15, 0.2) is 24.4 Å². The maximum Gasteiger partial charge on any atom is 0.228 e. The number of aromatic nitrogens is 4. The molecule has 2 aliphatic heterocycles. The molecule has 2 aliphatic rings. The number of fused-ring (bicyclic) bond motifs is 1. The lowest BCUT2D eigenvalue weighted by molar-refractivity contribution is -0.00167. The second-order valence-corrected chi connectivity index (χ2v) is 7.66. The number of morpholine rings is 1. The number of nitrogens with zero attached hydrogens (tertiary/aromatic N) is 5. The molecule has 9 heteroatoms. The zero-order chi connectivity index (χ0) is 20.7. The second-order valence-electron chi connectivity index (χ2n) is 7.66. The molecule has 0 radical (unpaired) electrons. The van der Waals surface area contributed by atoms with Crippen molar-refractivity contribution in [3.05, 3.63) is 41.7 Å². The molecule has 0 unspecified atom stereocenters. The van der Waals surface area contributed by atoms with E-state index in [9.17, 15) is 8.78 Å². The average molecular weight is 413 g/mol. The van der Waals surface area contributed by atoms with Crippen LogP contribution in [-0.2, 0) is 9.47 Å². The van der Waals surface area contributed by atoms with Crippen LogP contribution in [0.3, 0.4) is 0 Å². The Kier molecular flexibility index (Phi) is 5.00. The summed E-state index contributed by atoms with van der Waals surface area (Å²) >= 11 is 0. The molecule has 3 aromatic rings. The molecule has 1 aromatic carbocycles. The molecule has 0 amide bonds. The van der Waals surface area contributed by atoms with Gasteiger partial charge in [0.25, 0.3) is 0 Å². The van der Waals surface area contributed by atoms with Crippen LogP contribution in [0.1, 0.15) is 12.1 Å². The van der Waals surface area contributed by atoms with Gasteiger partial charge in [-0.2, -0.15) is 4.98 Å². The Hall–Kier alpha value is -2.78. The van der Waals surface area contributed by atoms with Gasteiger partial charge in [-0.1, -0.05) is 0 Å². The first-order valence-corrected chi connectivity index (χ1v) is 9.99. The molecule has 156 valence electrons. The van der Waals surface area contributed by atoms with Crippen LogP contribution in [0, 0.1) is 24.5 Å². The Labute approximate surface area is 172 Å². The van der Waals surface area contributed by atoms with Crippen LogP contribution >= 0.6 is 0 Å². The van der Waals surface area contributed by atoms with E-state index in [4.69, 9.17) is 9.47 Å². The highest BCUT2D eigenvalue weighted by atomic mass is 19.1. The first-order chi connectivity index (χ1) is 14.6. The van der Waals surface area contributed by atoms with E-state index in [2.05, 4.69) is 19.9 Å². The van der Waals surface area contributed by atoms with Crippen molar-refractivity contribution in [1.82, 2.24) is 19.9 Å². The summed E-state index contributed by atoms with van der Waals surface area (Å²) in [5.74, 6) is -0.574. The minimum atomic E-state index is -0.703. The Morgan fingerprint density at radius 3 is 2.83 bits per heavy atom. The smallest absolute Gasteiger partial charge is 0.228 e. The maximum absolute atomic E-state index is 14.6. The molecule has 0 bridgehead atoms. The molecule has 0 N–H and O–H groups in total. The molecule has 7 nitrogen and oxygen atoms in total. The van der Waals surface area contributed by atoms with Crippen LogP contribution in [-0.4, -0.2) is 59.0 Å². The standard InChI is InChI=1S/C21H21F2N5O2/c1-12-9-24-19-18(15-3-2-14(22)8-16(15)23)26-21(27-20(19)25-12)28-5-7-30-17(10-28)13-4-6-29-11-13/h2-3,8-9,13,17H,4-7,10-11H2,1H3/t13-,17-/m1/s1. The zero-order valence-electron chi connectivity index (χ0n) is 16.5. The Balaban J connectivity index is 1.58. The van der Waals surface area contributed by atoms with Crippen molar-refractivity contribution in [2.45, 2.75) is 19.4 Å². The quantitative estimate of drug-likeness (QED) is 0.654. The van der Waals surface area contributed by atoms with E-state index in [0.29, 0.717) is 60.7 Å². The predicted octanol–water partition coefficient (Wildman–Crippen LogP) is 2.92. The molecule has 2 saturated heterocycles. The largest absolute Gasteiger partial charge is 0.381 e. The average Bonchev–Trinajstić information content (AvgIpc) is 3.28. The molecular formula is C21H21F2N5O2. The highest BCUT2D eigenvalue weighted by Gasteiger charge is 2.32. The van der Waals surface area contributed by atoms with Gasteiger partial charge in [0.1, 0.15) is 22.8 Å². The van der Waals surface area contributed by atoms with E-state index in [1.807, 2.05) is 11.8 Å². The summed E-state index contributed by atoms with van der Waals surface area (Å²) in [5.41, 5.74) is 1.92. The van der Waals surface area contributed by atoms with E-state index in [-0.39, 0.29) is 11.7 Å². The number of halogens is 2. The van der Waals surface area contributed by atoms with Crippen molar-refractivity contribution in [1.29, 1.82) is 0 Å². The van der Waals surface area contributed by atoms with Crippen molar-refractivity contribution < 1.29 is 18.3 Å². The molecule has 2 fully saturated rings. The third-order valence-corrected chi connectivity index (χ3v) is 5.57. The Morgan fingerprint density at radius 2 is 2.03 bits per heavy atom. The summed E-state index contributed by atoms with van der Waals surface area (Å²) in [6.07, 6.45) is 2.57. The number of rotatable bonds is 3. The zero-order valence-corrected chi connectivity index (χ0v) is 16.5. The van der Waals surface area contributed by atoms with E-state index in [0.717, 1.165) is 19.1 Å². The molecule has 5 rings (SSSR count). The SMILES string of the molecule is Cc1cnc2c(-c3ccc(F)cc3F)nc(N3CCO[C@@H]([C@@H]4CCOC4)C3)nc2n1. The number of anilines is 1. The monoisotopic (exact) mass is 413 g/mol. The fourth-order valence-electron chi connectivity index (χ4n) is 3.98. The van der Waals surface area contributed by atoms with Gasteiger partial charge in [0.05, 0.1) is 25.0 Å². The van der Waals surface area contributed by atoms with Gasteiger partial charge >= 0.3 is 0 Å². The number of hydrogen-bond acceptors (Lipinski definition) is 7. The van der Waals surface area contributed by atoms with Gasteiger partial charge < -0.3 is 14.4 Å². The molecule has 2 aromatic heterocycles. The lowest BCUT2D eigenvalue weighted by atomic mass is 10.0. The normalized spacial score (nSPS) is 22.0. The minimum absolute atomic E-state index is 0.0233. The van der Waals surface area contributed by atoms with E-state index < -0.39 is 11.6 Å². The summed E-state index contributed by atoms with van der Waals surface area (Å²) in [7, 11) is 0. The first-order valence-electron chi connectivity index (χ1n) is 9.99. The lowest BCUT2D eigenvalue weighted by Gasteiger charge is -2.35. The molecule has 2 atom stereocenters. The highest BCUT2D eigenvalue weighted by Crippen LogP contribution is 2.30.